The zero-order valence-corrected chi connectivity index (χ0v) is 7.24. The summed E-state index contributed by atoms with van der Waals surface area (Å²) in [6.07, 6.45) is 3.60. The van der Waals surface area contributed by atoms with Crippen molar-refractivity contribution in [3.63, 3.8) is 0 Å². The topological polar surface area (TPSA) is 39.7 Å². The number of anilines is 1. The van der Waals surface area contributed by atoms with E-state index in [4.69, 9.17) is 0 Å². The fourth-order valence-corrected chi connectivity index (χ4v) is 0.990. The van der Waals surface area contributed by atoms with E-state index in [1.807, 2.05) is 30.3 Å². The smallest absolute Gasteiger partial charge is 0.237 e. The predicted octanol–water partition coefficient (Wildman–Crippen LogP) is 1.43. The molecule has 1 aromatic rings. The molecule has 0 spiro atoms. The largest absolute Gasteiger partial charge is 0.263 e. The molecular weight excluding hydrogens is 183 g/mol. The minimum atomic E-state index is -0.604. The molecule has 0 amide bonds. The molecule has 2 rings (SSSR count). The lowest BCUT2D eigenvalue weighted by Gasteiger charge is -2.21. The van der Waals surface area contributed by atoms with Crippen molar-refractivity contribution in [1.82, 2.24) is 10.7 Å². The summed E-state index contributed by atoms with van der Waals surface area (Å²) in [6, 6.07) is 9.31. The molecule has 2 N–H and O–H groups in total. The molecule has 14 heavy (non-hydrogen) atoms. The quantitative estimate of drug-likeness (QED) is 0.742. The first-order valence-electron chi connectivity index (χ1n) is 4.05. The third-order valence-electron chi connectivity index (χ3n) is 1.57. The van der Waals surface area contributed by atoms with Crippen molar-refractivity contribution in [3.05, 3.63) is 42.6 Å². The molecule has 0 bridgehead atoms. The molecule has 1 aromatic carbocycles. The first-order valence-corrected chi connectivity index (χ1v) is 4.05. The van der Waals surface area contributed by atoms with Crippen LogP contribution in [0, 0.1) is 6.20 Å². The summed E-state index contributed by atoms with van der Waals surface area (Å²) >= 11 is 0. The molecule has 0 unspecified atom stereocenters. The second-order valence-corrected chi connectivity index (χ2v) is 2.61. The van der Waals surface area contributed by atoms with Gasteiger partial charge in [-0.3, -0.25) is 10.9 Å². The van der Waals surface area contributed by atoms with E-state index in [0.29, 0.717) is 0 Å². The molecule has 1 radical (unpaired) electrons. The van der Waals surface area contributed by atoms with Gasteiger partial charge >= 0.3 is 0 Å². The van der Waals surface area contributed by atoms with Crippen LogP contribution in [0.15, 0.2) is 41.5 Å². The molecule has 0 saturated heterocycles. The van der Waals surface area contributed by atoms with Crippen LogP contribution in [0.3, 0.4) is 0 Å². The Morgan fingerprint density at radius 1 is 1.36 bits per heavy atom. The van der Waals surface area contributed by atoms with Crippen LogP contribution in [0.2, 0.25) is 0 Å². The van der Waals surface area contributed by atoms with E-state index in [1.54, 1.807) is 0 Å². The Balaban J connectivity index is 2.03. The van der Waals surface area contributed by atoms with Crippen LogP contribution in [0.5, 0.6) is 0 Å². The number of rotatable bonds is 2. The summed E-state index contributed by atoms with van der Waals surface area (Å²) in [7, 11) is 0. The molecule has 5 heteroatoms. The number of nitrogens with one attached hydrogen (secondary N) is 2. The predicted molar refractivity (Wildman–Crippen MR) is 51.4 cm³/mol. The molecule has 0 aromatic heterocycles. The molecule has 71 valence electrons. The number of hydrazone groups is 1. The van der Waals surface area contributed by atoms with Crippen molar-refractivity contribution >= 4 is 11.7 Å². The van der Waals surface area contributed by atoms with E-state index < -0.39 is 5.97 Å². The number of hydrazine groups is 2. The second kappa shape index (κ2) is 3.78. The van der Waals surface area contributed by atoms with Gasteiger partial charge in [-0.25, -0.2) is 0 Å². The van der Waals surface area contributed by atoms with Crippen LogP contribution in [-0.2, 0) is 0 Å². The van der Waals surface area contributed by atoms with Gasteiger partial charge in [0.1, 0.15) is 0 Å². The highest BCUT2D eigenvalue weighted by Crippen LogP contribution is 2.06. The highest BCUT2D eigenvalue weighted by molar-refractivity contribution is 5.86. The standard InChI is InChI=1S/C9H8FN4/c10-9-6-7-11-14(13-9)12-8-4-2-1-3-5-8/h1-6,11-12H. The lowest BCUT2D eigenvalue weighted by atomic mass is 10.3. The Hall–Kier alpha value is -2.04. The summed E-state index contributed by atoms with van der Waals surface area (Å²) in [6.45, 7) is 0. The maximum Gasteiger partial charge on any atom is 0.237 e. The molecule has 1 aliphatic rings. The molecule has 0 atom stereocenters. The fourth-order valence-electron chi connectivity index (χ4n) is 0.990. The van der Waals surface area contributed by atoms with E-state index in [0.717, 1.165) is 17.0 Å². The normalized spacial score (nSPS) is 14.6. The van der Waals surface area contributed by atoms with Crippen molar-refractivity contribution in [2.45, 2.75) is 0 Å². The molecular formula is C9H8FN4. The van der Waals surface area contributed by atoms with E-state index in [2.05, 4.69) is 22.2 Å². The lowest BCUT2D eigenvalue weighted by molar-refractivity contribution is 0.271. The van der Waals surface area contributed by atoms with Gasteiger partial charge in [-0.15, -0.1) is 10.3 Å². The van der Waals surface area contributed by atoms with Crippen molar-refractivity contribution in [2.75, 3.05) is 5.43 Å². The zero-order valence-electron chi connectivity index (χ0n) is 7.24. The Morgan fingerprint density at radius 3 is 2.86 bits per heavy atom. The van der Waals surface area contributed by atoms with Gasteiger partial charge in [0.25, 0.3) is 0 Å². The minimum absolute atomic E-state index is 0.604. The molecule has 1 aliphatic heterocycles. The third-order valence-corrected chi connectivity index (χ3v) is 1.57. The second-order valence-electron chi connectivity index (χ2n) is 2.61. The van der Waals surface area contributed by atoms with Crippen molar-refractivity contribution in [2.24, 2.45) is 5.10 Å². The van der Waals surface area contributed by atoms with Gasteiger partial charge in [0, 0.05) is 6.08 Å². The van der Waals surface area contributed by atoms with Crippen molar-refractivity contribution in [3.8, 4) is 0 Å². The summed E-state index contributed by atoms with van der Waals surface area (Å²) in [4.78, 5) is 0. The monoisotopic (exact) mass is 191 g/mol. The van der Waals surface area contributed by atoms with Gasteiger partial charge in [-0.05, 0) is 12.1 Å². The third kappa shape index (κ3) is 2.01. The first kappa shape index (κ1) is 8.55. The average Bonchev–Trinajstić information content (AvgIpc) is 2.19. The van der Waals surface area contributed by atoms with Crippen molar-refractivity contribution < 1.29 is 4.39 Å². The Kier molecular flexibility index (Phi) is 2.31. The number of hydrogen-bond donors (Lipinski definition) is 2. The van der Waals surface area contributed by atoms with E-state index in [1.165, 1.54) is 0 Å². The maximum absolute atomic E-state index is 12.6. The summed E-state index contributed by atoms with van der Waals surface area (Å²) < 4.78 is 12.6. The van der Waals surface area contributed by atoms with Gasteiger partial charge in [-0.2, -0.15) is 4.39 Å². The van der Waals surface area contributed by atoms with Gasteiger partial charge < -0.3 is 0 Å². The van der Waals surface area contributed by atoms with Gasteiger partial charge in [-0.1, -0.05) is 18.2 Å². The first-order chi connectivity index (χ1) is 6.84. The van der Waals surface area contributed by atoms with Crippen molar-refractivity contribution in [1.29, 1.82) is 0 Å². The van der Waals surface area contributed by atoms with Gasteiger partial charge in [0.15, 0.2) is 0 Å². The van der Waals surface area contributed by atoms with E-state index in [-0.39, 0.29) is 0 Å². The van der Waals surface area contributed by atoms with E-state index in [9.17, 15) is 4.39 Å². The fraction of sp³-hybridized carbons (Fsp3) is 0. The summed E-state index contributed by atoms with van der Waals surface area (Å²) in [5.41, 5.74) is 6.22. The maximum atomic E-state index is 12.6. The summed E-state index contributed by atoms with van der Waals surface area (Å²) in [5.74, 6) is -0.604. The molecule has 0 aliphatic carbocycles. The number of hydrogen-bond acceptors (Lipinski definition) is 4. The highest BCUT2D eigenvalue weighted by atomic mass is 19.1. The SMILES string of the molecule is FC1=NN(Nc2ccccc2)N[C]=C1. The lowest BCUT2D eigenvalue weighted by Crippen LogP contribution is -2.37. The molecule has 4 nitrogen and oxygen atoms in total. The Bertz CT molecular complexity index is 360. The van der Waals surface area contributed by atoms with Crippen LogP contribution >= 0.6 is 0 Å². The summed E-state index contributed by atoms with van der Waals surface area (Å²) in [5, 5.41) is 4.66. The average molecular weight is 191 g/mol. The highest BCUT2D eigenvalue weighted by Gasteiger charge is 2.04. The number of allylic oxidation sites excluding steroid dienone is 1. The number of para-hydroxylation sites is 1. The van der Waals surface area contributed by atoms with Crippen LogP contribution < -0.4 is 10.9 Å². The Labute approximate surface area is 80.7 Å². The van der Waals surface area contributed by atoms with Crippen LogP contribution in [0.1, 0.15) is 0 Å². The Morgan fingerprint density at radius 2 is 2.14 bits per heavy atom. The van der Waals surface area contributed by atoms with E-state index >= 15 is 0 Å². The van der Waals surface area contributed by atoms with Crippen LogP contribution in [-0.4, -0.2) is 11.2 Å². The van der Waals surface area contributed by atoms with Crippen LogP contribution in [0.25, 0.3) is 0 Å². The number of nitrogens with zero attached hydrogens (tertiary/aromatic N) is 2. The van der Waals surface area contributed by atoms with Gasteiger partial charge in [0.05, 0.1) is 11.9 Å². The minimum Gasteiger partial charge on any atom is -0.263 e. The number of benzene rings is 1. The van der Waals surface area contributed by atoms with Gasteiger partial charge in [0.2, 0.25) is 5.97 Å². The number of halogens is 1. The van der Waals surface area contributed by atoms with Crippen LogP contribution in [0.4, 0.5) is 10.1 Å². The molecule has 0 fully saturated rings. The molecule has 0 saturated carbocycles. The molecule has 1 heterocycles. The zero-order chi connectivity index (χ0) is 9.80.